The van der Waals surface area contributed by atoms with Gasteiger partial charge in [-0.2, -0.15) is 0 Å². The lowest BCUT2D eigenvalue weighted by Gasteiger charge is -2.36. The van der Waals surface area contributed by atoms with Gasteiger partial charge in [0.2, 0.25) is 11.8 Å². The van der Waals surface area contributed by atoms with E-state index in [2.05, 4.69) is 10.6 Å². The minimum absolute atomic E-state index is 0.240. The summed E-state index contributed by atoms with van der Waals surface area (Å²) < 4.78 is 5.27. The summed E-state index contributed by atoms with van der Waals surface area (Å²) in [5.74, 6) is -0.626. The molecule has 0 aliphatic rings. The zero-order chi connectivity index (χ0) is 26.2. The van der Waals surface area contributed by atoms with E-state index in [9.17, 15) is 14.4 Å². The van der Waals surface area contributed by atoms with E-state index in [-0.39, 0.29) is 24.4 Å². The van der Waals surface area contributed by atoms with Gasteiger partial charge in [0.25, 0.3) is 0 Å². The number of rotatable bonds is 9. The Morgan fingerprint density at radius 1 is 0.971 bits per heavy atom. The van der Waals surface area contributed by atoms with Crippen LogP contribution < -0.4 is 10.6 Å². The predicted octanol–water partition coefficient (Wildman–Crippen LogP) is 4.81. The minimum Gasteiger partial charge on any atom is -0.444 e. The molecule has 0 fully saturated rings. The average Bonchev–Trinajstić information content (AvgIpc) is 2.80. The standard InChI is InChI=1S/C28H39N3O4/c1-8-20(3)31(24(32)18-30-27(34)35-28(5,6)7)25(23-16-12-13-19(2)21(23)4)26(33)29-17-22-14-10-9-11-15-22/h9-16,20,25H,8,17-18H2,1-7H3,(H,29,33)(H,30,34). The number of alkyl carbamates (subject to hydrolysis) is 1. The second-order valence-electron chi connectivity index (χ2n) is 9.81. The van der Waals surface area contributed by atoms with Crippen LogP contribution in [0.2, 0.25) is 0 Å². The molecule has 0 heterocycles. The third-order valence-electron chi connectivity index (χ3n) is 5.91. The van der Waals surface area contributed by atoms with Gasteiger partial charge >= 0.3 is 6.09 Å². The summed E-state index contributed by atoms with van der Waals surface area (Å²) in [4.78, 5) is 40.9. The normalized spacial score (nSPS) is 12.9. The van der Waals surface area contributed by atoms with Gasteiger partial charge in [-0.1, -0.05) is 55.5 Å². The first-order valence-electron chi connectivity index (χ1n) is 12.1. The molecule has 0 saturated carbocycles. The first-order valence-corrected chi connectivity index (χ1v) is 12.1. The van der Waals surface area contributed by atoms with Crippen molar-refractivity contribution in [3.8, 4) is 0 Å². The number of amides is 3. The number of carbonyl (C=O) groups is 3. The van der Waals surface area contributed by atoms with Crippen molar-refractivity contribution in [2.24, 2.45) is 0 Å². The van der Waals surface area contributed by atoms with E-state index in [1.54, 1.807) is 25.7 Å². The van der Waals surface area contributed by atoms with E-state index >= 15 is 0 Å². The van der Waals surface area contributed by atoms with Gasteiger partial charge in [0.05, 0.1) is 0 Å². The van der Waals surface area contributed by atoms with Crippen LogP contribution in [0.25, 0.3) is 0 Å². The summed E-state index contributed by atoms with van der Waals surface area (Å²) in [7, 11) is 0. The van der Waals surface area contributed by atoms with Crippen LogP contribution in [-0.4, -0.2) is 41.0 Å². The molecule has 2 unspecified atom stereocenters. The van der Waals surface area contributed by atoms with Crippen molar-refractivity contribution in [1.29, 1.82) is 0 Å². The molecular formula is C28H39N3O4. The van der Waals surface area contributed by atoms with E-state index in [1.165, 1.54) is 0 Å². The molecule has 0 spiro atoms. The molecule has 0 bridgehead atoms. The first kappa shape index (κ1) is 27.9. The Morgan fingerprint density at radius 3 is 2.23 bits per heavy atom. The lowest BCUT2D eigenvalue weighted by Crippen LogP contribution is -2.51. The third kappa shape index (κ3) is 8.12. The monoisotopic (exact) mass is 481 g/mol. The zero-order valence-corrected chi connectivity index (χ0v) is 22.0. The second-order valence-corrected chi connectivity index (χ2v) is 9.81. The van der Waals surface area contributed by atoms with E-state index in [0.717, 1.165) is 22.3 Å². The van der Waals surface area contributed by atoms with Crippen molar-refractivity contribution >= 4 is 17.9 Å². The molecule has 2 aromatic carbocycles. The number of ether oxygens (including phenoxy) is 1. The van der Waals surface area contributed by atoms with Crippen molar-refractivity contribution < 1.29 is 19.1 Å². The molecule has 0 aromatic heterocycles. The molecule has 2 atom stereocenters. The predicted molar refractivity (Wildman–Crippen MR) is 138 cm³/mol. The summed E-state index contributed by atoms with van der Waals surface area (Å²) in [6.07, 6.45) is -0.0299. The lowest BCUT2D eigenvalue weighted by molar-refractivity contribution is -0.142. The van der Waals surface area contributed by atoms with Crippen LogP contribution in [0.5, 0.6) is 0 Å². The van der Waals surface area contributed by atoms with Crippen molar-refractivity contribution in [2.45, 2.75) is 79.1 Å². The molecule has 2 N–H and O–H groups in total. The van der Waals surface area contributed by atoms with Gasteiger partial charge in [-0.05, 0) is 70.2 Å². The Bertz CT molecular complexity index is 1010. The number of hydrogen-bond acceptors (Lipinski definition) is 4. The number of aryl methyl sites for hydroxylation is 1. The first-order chi connectivity index (χ1) is 16.4. The van der Waals surface area contributed by atoms with Gasteiger partial charge in [-0.25, -0.2) is 4.79 Å². The average molecular weight is 482 g/mol. The molecule has 0 aliphatic carbocycles. The van der Waals surface area contributed by atoms with Crippen LogP contribution in [-0.2, 0) is 20.9 Å². The van der Waals surface area contributed by atoms with Crippen LogP contribution in [0.1, 0.15) is 69.3 Å². The maximum absolute atomic E-state index is 13.7. The molecule has 7 nitrogen and oxygen atoms in total. The fraction of sp³-hybridized carbons (Fsp3) is 0.464. The molecule has 190 valence electrons. The summed E-state index contributed by atoms with van der Waals surface area (Å²) in [6.45, 7) is 13.2. The SMILES string of the molecule is CCC(C)N(C(=O)CNC(=O)OC(C)(C)C)C(C(=O)NCc1ccccc1)c1cccc(C)c1C. The molecule has 3 amide bonds. The van der Waals surface area contributed by atoms with E-state index in [1.807, 2.05) is 76.2 Å². The molecule has 0 radical (unpaired) electrons. The fourth-order valence-corrected chi connectivity index (χ4v) is 3.76. The Labute approximate surface area is 209 Å². The highest BCUT2D eigenvalue weighted by molar-refractivity contribution is 5.91. The van der Waals surface area contributed by atoms with Crippen molar-refractivity contribution in [2.75, 3.05) is 6.54 Å². The molecule has 7 heteroatoms. The molecule has 35 heavy (non-hydrogen) atoms. The summed E-state index contributed by atoms with van der Waals surface area (Å²) in [6, 6.07) is 14.3. The van der Waals surface area contributed by atoms with Crippen LogP contribution in [0, 0.1) is 13.8 Å². The summed E-state index contributed by atoms with van der Waals surface area (Å²) in [5.41, 5.74) is 3.04. The summed E-state index contributed by atoms with van der Waals surface area (Å²) in [5, 5.41) is 5.55. The Hall–Kier alpha value is -3.35. The van der Waals surface area contributed by atoms with Gasteiger partial charge in [0.15, 0.2) is 0 Å². The Balaban J connectivity index is 2.38. The van der Waals surface area contributed by atoms with Gasteiger partial charge in [-0.15, -0.1) is 0 Å². The molecular weight excluding hydrogens is 442 g/mol. The molecule has 0 aliphatic heterocycles. The quantitative estimate of drug-likeness (QED) is 0.538. The van der Waals surface area contributed by atoms with Crippen molar-refractivity contribution in [3.63, 3.8) is 0 Å². The molecule has 2 rings (SSSR count). The topological polar surface area (TPSA) is 87.7 Å². The highest BCUT2D eigenvalue weighted by Crippen LogP contribution is 2.29. The van der Waals surface area contributed by atoms with E-state index < -0.39 is 17.7 Å². The second kappa shape index (κ2) is 12.4. The van der Waals surface area contributed by atoms with E-state index in [4.69, 9.17) is 4.74 Å². The summed E-state index contributed by atoms with van der Waals surface area (Å²) >= 11 is 0. The lowest BCUT2D eigenvalue weighted by atomic mass is 9.94. The Kier molecular flexibility index (Phi) is 9.87. The molecule has 2 aromatic rings. The number of nitrogens with one attached hydrogen (secondary N) is 2. The van der Waals surface area contributed by atoms with Crippen LogP contribution in [0.15, 0.2) is 48.5 Å². The smallest absolute Gasteiger partial charge is 0.408 e. The number of nitrogens with zero attached hydrogens (tertiary/aromatic N) is 1. The number of carbonyl (C=O) groups excluding carboxylic acids is 3. The maximum atomic E-state index is 13.7. The van der Waals surface area contributed by atoms with Crippen LogP contribution in [0.3, 0.4) is 0 Å². The Morgan fingerprint density at radius 2 is 1.63 bits per heavy atom. The van der Waals surface area contributed by atoms with Gasteiger partial charge in [0.1, 0.15) is 18.2 Å². The van der Waals surface area contributed by atoms with Crippen LogP contribution >= 0.6 is 0 Å². The van der Waals surface area contributed by atoms with Gasteiger partial charge < -0.3 is 20.3 Å². The number of benzene rings is 2. The zero-order valence-electron chi connectivity index (χ0n) is 22.0. The fourth-order valence-electron chi connectivity index (χ4n) is 3.76. The van der Waals surface area contributed by atoms with Crippen LogP contribution in [0.4, 0.5) is 4.79 Å². The highest BCUT2D eigenvalue weighted by atomic mass is 16.6. The van der Waals surface area contributed by atoms with Crippen molar-refractivity contribution in [3.05, 3.63) is 70.8 Å². The largest absolute Gasteiger partial charge is 0.444 e. The van der Waals surface area contributed by atoms with E-state index in [0.29, 0.717) is 13.0 Å². The van der Waals surface area contributed by atoms with Gasteiger partial charge in [0, 0.05) is 12.6 Å². The molecule has 0 saturated heterocycles. The number of hydrogen-bond donors (Lipinski definition) is 2. The van der Waals surface area contributed by atoms with Gasteiger partial charge in [-0.3, -0.25) is 9.59 Å². The maximum Gasteiger partial charge on any atom is 0.408 e. The third-order valence-corrected chi connectivity index (χ3v) is 5.91. The minimum atomic E-state index is -0.846. The highest BCUT2D eigenvalue weighted by Gasteiger charge is 2.35. The van der Waals surface area contributed by atoms with Crippen molar-refractivity contribution in [1.82, 2.24) is 15.5 Å².